The zero-order valence-electron chi connectivity index (χ0n) is 16.3. The summed E-state index contributed by atoms with van der Waals surface area (Å²) in [6.07, 6.45) is 6.41. The minimum absolute atomic E-state index is 0.0481. The highest BCUT2D eigenvalue weighted by Gasteiger charge is 2.32. The van der Waals surface area contributed by atoms with Crippen molar-refractivity contribution in [1.29, 1.82) is 0 Å². The van der Waals surface area contributed by atoms with Gasteiger partial charge in [0.25, 0.3) is 0 Å². The molecule has 0 bridgehead atoms. The van der Waals surface area contributed by atoms with Gasteiger partial charge in [-0.15, -0.1) is 0 Å². The van der Waals surface area contributed by atoms with E-state index in [0.717, 1.165) is 51.9 Å². The molecule has 1 amide bonds. The van der Waals surface area contributed by atoms with Crippen LogP contribution in [0, 0.1) is 10.1 Å². The monoisotopic (exact) mass is 379 g/mol. The molecule has 0 radical (unpaired) electrons. The van der Waals surface area contributed by atoms with Crippen LogP contribution in [0.15, 0.2) is 12.4 Å². The zero-order chi connectivity index (χ0) is 19.6. The number of piperidine rings is 2. The van der Waals surface area contributed by atoms with Crippen molar-refractivity contribution in [2.24, 2.45) is 0 Å². The molecule has 2 fully saturated rings. The number of nitro groups is 1. The Morgan fingerprint density at radius 1 is 1.15 bits per heavy atom. The van der Waals surface area contributed by atoms with Crippen molar-refractivity contribution < 1.29 is 14.5 Å². The molecule has 1 aromatic rings. The first-order chi connectivity index (χ1) is 12.7. The fraction of sp³-hybridized carbons (Fsp3) is 0.778. The topological polar surface area (TPSA) is 93.7 Å². The standard InChI is InChI=1S/C18H29N5O4/c1-18(2,3)27-17(24)21-10-4-14(5-11-21)20-8-6-15(7-9-20)22-13-16(12-19-22)23(25)26/h12-15H,4-11H2,1-3H3. The minimum atomic E-state index is -0.461. The average molecular weight is 379 g/mol. The van der Waals surface area contributed by atoms with E-state index in [4.69, 9.17) is 4.74 Å². The molecule has 0 unspecified atom stereocenters. The number of carbonyl (C=O) groups excluding carboxylic acids is 1. The molecular weight excluding hydrogens is 350 g/mol. The third-order valence-corrected chi connectivity index (χ3v) is 5.30. The SMILES string of the molecule is CC(C)(C)OC(=O)N1CCC(N2CCC(n3cc([N+](=O)[O-])cn3)CC2)CC1. The molecule has 0 N–H and O–H groups in total. The fourth-order valence-corrected chi connectivity index (χ4v) is 3.88. The summed E-state index contributed by atoms with van der Waals surface area (Å²) in [4.78, 5) is 26.9. The highest BCUT2D eigenvalue weighted by atomic mass is 16.6. The summed E-state index contributed by atoms with van der Waals surface area (Å²) in [6.45, 7) is 9.02. The normalized spacial score (nSPS) is 20.6. The molecule has 2 aliphatic rings. The molecule has 0 saturated carbocycles. The third kappa shape index (κ3) is 4.97. The lowest BCUT2D eigenvalue weighted by atomic mass is 9.98. The molecule has 9 heteroatoms. The highest BCUT2D eigenvalue weighted by molar-refractivity contribution is 5.68. The fourth-order valence-electron chi connectivity index (χ4n) is 3.88. The van der Waals surface area contributed by atoms with Gasteiger partial charge in [-0.2, -0.15) is 5.10 Å². The van der Waals surface area contributed by atoms with Crippen LogP contribution in [0.5, 0.6) is 0 Å². The van der Waals surface area contributed by atoms with Gasteiger partial charge in [0.2, 0.25) is 0 Å². The summed E-state index contributed by atoms with van der Waals surface area (Å²) < 4.78 is 7.19. The van der Waals surface area contributed by atoms with Crippen molar-refractivity contribution in [1.82, 2.24) is 19.6 Å². The van der Waals surface area contributed by atoms with Gasteiger partial charge in [0.15, 0.2) is 0 Å². The van der Waals surface area contributed by atoms with Crippen LogP contribution in [0.2, 0.25) is 0 Å². The van der Waals surface area contributed by atoms with Crippen LogP contribution in [0.25, 0.3) is 0 Å². The Labute approximate surface area is 159 Å². The van der Waals surface area contributed by atoms with Crippen LogP contribution in [0.4, 0.5) is 10.5 Å². The van der Waals surface area contributed by atoms with E-state index < -0.39 is 10.5 Å². The maximum absolute atomic E-state index is 12.2. The lowest BCUT2D eigenvalue weighted by Crippen LogP contribution is -2.49. The first-order valence-electron chi connectivity index (χ1n) is 9.63. The predicted molar refractivity (Wildman–Crippen MR) is 99.6 cm³/mol. The molecule has 2 aliphatic heterocycles. The van der Waals surface area contributed by atoms with Crippen LogP contribution >= 0.6 is 0 Å². The summed E-state index contributed by atoms with van der Waals surface area (Å²) in [5.74, 6) is 0. The number of carbonyl (C=O) groups is 1. The Balaban J connectivity index is 1.45. The Morgan fingerprint density at radius 2 is 1.74 bits per heavy atom. The summed E-state index contributed by atoms with van der Waals surface area (Å²) in [7, 11) is 0. The smallest absolute Gasteiger partial charge is 0.410 e. The number of likely N-dealkylation sites (tertiary alicyclic amines) is 2. The van der Waals surface area contributed by atoms with E-state index in [9.17, 15) is 14.9 Å². The largest absolute Gasteiger partial charge is 0.444 e. The van der Waals surface area contributed by atoms with Crippen molar-refractivity contribution in [2.45, 2.75) is 64.1 Å². The van der Waals surface area contributed by atoms with Gasteiger partial charge < -0.3 is 14.5 Å². The molecule has 1 aromatic heterocycles. The van der Waals surface area contributed by atoms with E-state index >= 15 is 0 Å². The van der Waals surface area contributed by atoms with Gasteiger partial charge in [0.05, 0.1) is 11.0 Å². The molecule has 9 nitrogen and oxygen atoms in total. The van der Waals surface area contributed by atoms with Gasteiger partial charge in [-0.05, 0) is 46.5 Å². The van der Waals surface area contributed by atoms with Gasteiger partial charge in [-0.25, -0.2) is 4.79 Å². The van der Waals surface area contributed by atoms with Crippen LogP contribution in [-0.2, 0) is 4.74 Å². The van der Waals surface area contributed by atoms with E-state index in [-0.39, 0.29) is 17.8 Å². The van der Waals surface area contributed by atoms with Crippen molar-refractivity contribution in [3.63, 3.8) is 0 Å². The molecule has 27 heavy (non-hydrogen) atoms. The maximum Gasteiger partial charge on any atom is 0.410 e. The maximum atomic E-state index is 12.2. The average Bonchev–Trinajstić information content (AvgIpc) is 3.11. The second-order valence-corrected chi connectivity index (χ2v) is 8.40. The van der Waals surface area contributed by atoms with Gasteiger partial charge in [0.1, 0.15) is 18.0 Å². The van der Waals surface area contributed by atoms with Crippen LogP contribution in [0.3, 0.4) is 0 Å². The third-order valence-electron chi connectivity index (χ3n) is 5.30. The second-order valence-electron chi connectivity index (χ2n) is 8.40. The van der Waals surface area contributed by atoms with Crippen molar-refractivity contribution in [3.8, 4) is 0 Å². The van der Waals surface area contributed by atoms with Crippen LogP contribution in [0.1, 0.15) is 52.5 Å². The van der Waals surface area contributed by atoms with E-state index in [1.165, 1.54) is 12.4 Å². The van der Waals surface area contributed by atoms with Crippen molar-refractivity contribution >= 4 is 11.8 Å². The van der Waals surface area contributed by atoms with Crippen LogP contribution in [-0.4, -0.2) is 68.4 Å². The first kappa shape index (κ1) is 19.6. The van der Waals surface area contributed by atoms with Crippen molar-refractivity contribution in [3.05, 3.63) is 22.5 Å². The van der Waals surface area contributed by atoms with E-state index in [1.807, 2.05) is 20.8 Å². The van der Waals surface area contributed by atoms with E-state index in [2.05, 4.69) is 10.00 Å². The summed E-state index contributed by atoms with van der Waals surface area (Å²) in [5, 5.41) is 15.0. The summed E-state index contributed by atoms with van der Waals surface area (Å²) in [6, 6.07) is 0.702. The molecule has 150 valence electrons. The molecule has 0 aromatic carbocycles. The molecule has 3 heterocycles. The Bertz CT molecular complexity index is 668. The molecule has 0 atom stereocenters. The molecule has 0 aliphatic carbocycles. The quantitative estimate of drug-likeness (QED) is 0.592. The Hall–Kier alpha value is -2.16. The number of ether oxygens (including phenoxy) is 1. The van der Waals surface area contributed by atoms with Gasteiger partial charge in [-0.3, -0.25) is 14.8 Å². The highest BCUT2D eigenvalue weighted by Crippen LogP contribution is 2.27. The molecule has 2 saturated heterocycles. The number of aromatic nitrogens is 2. The van der Waals surface area contributed by atoms with Gasteiger partial charge in [0, 0.05) is 32.2 Å². The number of hydrogen-bond acceptors (Lipinski definition) is 6. The molecular formula is C18H29N5O4. The Morgan fingerprint density at radius 3 is 2.26 bits per heavy atom. The van der Waals surface area contributed by atoms with Crippen LogP contribution < -0.4 is 0 Å². The first-order valence-corrected chi connectivity index (χ1v) is 9.63. The van der Waals surface area contributed by atoms with E-state index in [0.29, 0.717) is 6.04 Å². The summed E-state index contributed by atoms with van der Waals surface area (Å²) in [5.41, 5.74) is -0.413. The molecule has 0 spiro atoms. The van der Waals surface area contributed by atoms with Crippen molar-refractivity contribution in [2.75, 3.05) is 26.2 Å². The van der Waals surface area contributed by atoms with E-state index in [1.54, 1.807) is 9.58 Å². The number of hydrogen-bond donors (Lipinski definition) is 0. The zero-order valence-corrected chi connectivity index (χ0v) is 16.3. The summed E-state index contributed by atoms with van der Waals surface area (Å²) >= 11 is 0. The number of nitrogens with zero attached hydrogens (tertiary/aromatic N) is 5. The molecule has 3 rings (SSSR count). The lowest BCUT2D eigenvalue weighted by Gasteiger charge is -2.41. The predicted octanol–water partition coefficient (Wildman–Crippen LogP) is 2.83. The minimum Gasteiger partial charge on any atom is -0.444 e. The lowest BCUT2D eigenvalue weighted by molar-refractivity contribution is -0.385. The van der Waals surface area contributed by atoms with Gasteiger partial charge in [-0.1, -0.05) is 0 Å². The number of rotatable bonds is 3. The second kappa shape index (κ2) is 7.84. The van der Waals surface area contributed by atoms with Gasteiger partial charge >= 0.3 is 11.8 Å². The number of amides is 1. The Kier molecular flexibility index (Phi) is 5.69.